The maximum Gasteiger partial charge on any atom is 0.285 e. The van der Waals surface area contributed by atoms with Crippen LogP contribution in [0.1, 0.15) is 30.1 Å². The summed E-state index contributed by atoms with van der Waals surface area (Å²) in [6, 6.07) is 17.6. The lowest BCUT2D eigenvalue weighted by Crippen LogP contribution is -2.87. The molecule has 2 aromatic carbocycles. The quantitative estimate of drug-likeness (QED) is 0.904. The van der Waals surface area contributed by atoms with Crippen LogP contribution in [-0.4, -0.2) is 24.9 Å². The molecule has 4 heteroatoms. The van der Waals surface area contributed by atoms with Crippen molar-refractivity contribution in [3.63, 3.8) is 0 Å². The van der Waals surface area contributed by atoms with Crippen LogP contribution in [0.4, 0.5) is 0 Å². The average Bonchev–Trinajstić information content (AvgIpc) is 2.53. The third-order valence-electron chi connectivity index (χ3n) is 3.74. The van der Waals surface area contributed by atoms with Crippen LogP contribution in [0.2, 0.25) is 5.02 Å². The van der Waals surface area contributed by atoms with E-state index in [-0.39, 0.29) is 18.0 Å². The van der Waals surface area contributed by atoms with Crippen molar-refractivity contribution in [2.45, 2.75) is 19.0 Å². The van der Waals surface area contributed by atoms with Gasteiger partial charge in [-0.2, -0.15) is 0 Å². The number of hydrogen-bond donors (Lipinski definition) is 1. The molecule has 0 fully saturated rings. The van der Waals surface area contributed by atoms with Crippen molar-refractivity contribution >= 4 is 17.5 Å². The first-order chi connectivity index (χ1) is 10.5. The number of nitrogens with two attached hydrogens (primary N) is 1. The molecule has 116 valence electrons. The molecular formula is C18H22ClN2O+. The van der Waals surface area contributed by atoms with Crippen LogP contribution in [0.15, 0.2) is 54.6 Å². The number of carbonyl (C=O) groups excluding carboxylic acids is 1. The van der Waals surface area contributed by atoms with Crippen LogP contribution in [0.3, 0.4) is 0 Å². The number of nitrogens with zero attached hydrogens (tertiary/aromatic N) is 1. The average molecular weight is 318 g/mol. The second-order valence-corrected chi connectivity index (χ2v) is 6.09. The molecule has 0 saturated heterocycles. The highest BCUT2D eigenvalue weighted by Gasteiger charge is 2.28. The SMILES string of the molecule is C[C@@H]([NH2+][C@H](C(=O)N(C)C)c1ccccc1)c1ccc(Cl)cc1. The van der Waals surface area contributed by atoms with Crippen molar-refractivity contribution in [2.24, 2.45) is 0 Å². The standard InChI is InChI=1S/C18H21ClN2O/c1-13(14-9-11-16(19)12-10-14)20-17(18(22)21(2)3)15-7-5-4-6-8-15/h4-13,17,20H,1-3H3/p+1/t13-,17+/m1/s1. The molecule has 2 rings (SSSR count). The van der Waals surface area contributed by atoms with Gasteiger partial charge >= 0.3 is 0 Å². The van der Waals surface area contributed by atoms with E-state index in [1.165, 1.54) is 0 Å². The van der Waals surface area contributed by atoms with E-state index in [4.69, 9.17) is 11.6 Å². The number of benzene rings is 2. The van der Waals surface area contributed by atoms with E-state index in [1.807, 2.05) is 54.6 Å². The number of quaternary nitrogens is 1. The topological polar surface area (TPSA) is 36.9 Å². The monoisotopic (exact) mass is 317 g/mol. The minimum atomic E-state index is -0.248. The van der Waals surface area contributed by atoms with Gasteiger partial charge in [0.1, 0.15) is 6.04 Å². The summed E-state index contributed by atoms with van der Waals surface area (Å²) in [5.41, 5.74) is 2.17. The van der Waals surface area contributed by atoms with Crippen molar-refractivity contribution in [3.8, 4) is 0 Å². The van der Waals surface area contributed by atoms with Gasteiger partial charge in [-0.25, -0.2) is 0 Å². The summed E-state index contributed by atoms with van der Waals surface area (Å²) in [5.74, 6) is 0.0898. The van der Waals surface area contributed by atoms with Gasteiger partial charge in [0.2, 0.25) is 0 Å². The van der Waals surface area contributed by atoms with E-state index in [1.54, 1.807) is 19.0 Å². The summed E-state index contributed by atoms with van der Waals surface area (Å²) in [4.78, 5) is 14.2. The van der Waals surface area contributed by atoms with Gasteiger partial charge in [0.25, 0.3) is 5.91 Å². The predicted molar refractivity (Wildman–Crippen MR) is 89.7 cm³/mol. The van der Waals surface area contributed by atoms with Gasteiger partial charge < -0.3 is 10.2 Å². The number of likely N-dealkylation sites (N-methyl/N-ethyl adjacent to an activating group) is 1. The third kappa shape index (κ3) is 4.09. The molecule has 0 aliphatic rings. The number of amides is 1. The van der Waals surface area contributed by atoms with Crippen molar-refractivity contribution in [1.29, 1.82) is 0 Å². The van der Waals surface area contributed by atoms with E-state index < -0.39 is 0 Å². The Bertz CT molecular complexity index is 611. The second-order valence-electron chi connectivity index (χ2n) is 5.65. The number of rotatable bonds is 5. The molecule has 2 atom stereocenters. The maximum absolute atomic E-state index is 12.5. The van der Waals surface area contributed by atoms with E-state index in [9.17, 15) is 4.79 Å². The highest BCUT2D eigenvalue weighted by atomic mass is 35.5. The molecule has 0 aromatic heterocycles. The Morgan fingerprint density at radius 1 is 1.00 bits per heavy atom. The highest BCUT2D eigenvalue weighted by Crippen LogP contribution is 2.16. The van der Waals surface area contributed by atoms with E-state index in [0.717, 1.165) is 16.1 Å². The van der Waals surface area contributed by atoms with Gasteiger partial charge in [0.05, 0.1) is 0 Å². The number of halogens is 1. The minimum absolute atomic E-state index is 0.0898. The summed E-state index contributed by atoms with van der Waals surface area (Å²) in [6.45, 7) is 2.10. The van der Waals surface area contributed by atoms with Gasteiger partial charge in [-0.1, -0.05) is 54.1 Å². The van der Waals surface area contributed by atoms with Gasteiger partial charge in [0, 0.05) is 30.2 Å². The van der Waals surface area contributed by atoms with Crippen LogP contribution in [0.5, 0.6) is 0 Å². The molecule has 0 heterocycles. The van der Waals surface area contributed by atoms with Gasteiger partial charge in [-0.05, 0) is 19.1 Å². The Kier molecular flexibility index (Phi) is 5.58. The predicted octanol–water partition coefficient (Wildman–Crippen LogP) is 2.79. The normalized spacial score (nSPS) is 13.5. The van der Waals surface area contributed by atoms with Crippen molar-refractivity contribution in [1.82, 2.24) is 4.90 Å². The van der Waals surface area contributed by atoms with Gasteiger partial charge in [-0.3, -0.25) is 4.79 Å². The smallest absolute Gasteiger partial charge is 0.285 e. The lowest BCUT2D eigenvalue weighted by molar-refractivity contribution is -0.719. The highest BCUT2D eigenvalue weighted by molar-refractivity contribution is 6.30. The summed E-state index contributed by atoms with van der Waals surface area (Å²) in [5, 5.41) is 2.82. The molecule has 0 radical (unpaired) electrons. The fourth-order valence-corrected chi connectivity index (χ4v) is 2.57. The summed E-state index contributed by atoms with van der Waals surface area (Å²) >= 11 is 5.94. The lowest BCUT2D eigenvalue weighted by Gasteiger charge is -2.22. The minimum Gasteiger partial charge on any atom is -0.343 e. The van der Waals surface area contributed by atoms with Crippen molar-refractivity contribution in [2.75, 3.05) is 14.1 Å². The molecule has 0 aliphatic carbocycles. The molecule has 1 amide bonds. The molecule has 3 nitrogen and oxygen atoms in total. The van der Waals surface area contributed by atoms with E-state index in [0.29, 0.717) is 0 Å². The molecule has 0 aliphatic heterocycles. The van der Waals surface area contributed by atoms with Crippen LogP contribution >= 0.6 is 11.6 Å². The Morgan fingerprint density at radius 2 is 1.59 bits per heavy atom. The lowest BCUT2D eigenvalue weighted by atomic mass is 10.0. The fraction of sp³-hybridized carbons (Fsp3) is 0.278. The van der Waals surface area contributed by atoms with Crippen LogP contribution < -0.4 is 5.32 Å². The molecule has 0 saturated carbocycles. The molecule has 2 N–H and O–H groups in total. The zero-order chi connectivity index (χ0) is 16.1. The molecule has 0 bridgehead atoms. The third-order valence-corrected chi connectivity index (χ3v) is 3.99. The second kappa shape index (κ2) is 7.43. The van der Waals surface area contributed by atoms with Crippen LogP contribution in [0, 0.1) is 0 Å². The maximum atomic E-state index is 12.5. The molecule has 0 unspecified atom stereocenters. The first kappa shape index (κ1) is 16.5. The summed E-state index contributed by atoms with van der Waals surface area (Å²) in [6.07, 6.45) is 0. The largest absolute Gasteiger partial charge is 0.343 e. The Morgan fingerprint density at radius 3 is 2.14 bits per heavy atom. The van der Waals surface area contributed by atoms with E-state index in [2.05, 4.69) is 12.2 Å². The first-order valence-electron chi connectivity index (χ1n) is 7.35. The Hall–Kier alpha value is -1.84. The number of carbonyl (C=O) groups is 1. The molecular weight excluding hydrogens is 296 g/mol. The van der Waals surface area contributed by atoms with Crippen molar-refractivity contribution in [3.05, 3.63) is 70.7 Å². The van der Waals surface area contributed by atoms with Crippen molar-refractivity contribution < 1.29 is 10.1 Å². The molecule has 2 aromatic rings. The van der Waals surface area contributed by atoms with Gasteiger partial charge in [-0.15, -0.1) is 0 Å². The fourth-order valence-electron chi connectivity index (χ4n) is 2.44. The first-order valence-corrected chi connectivity index (χ1v) is 7.73. The molecule has 22 heavy (non-hydrogen) atoms. The Labute approximate surface area is 136 Å². The number of hydrogen-bond acceptors (Lipinski definition) is 1. The molecule has 0 spiro atoms. The zero-order valence-corrected chi connectivity index (χ0v) is 13.9. The summed E-state index contributed by atoms with van der Waals surface area (Å²) < 4.78 is 0. The van der Waals surface area contributed by atoms with Crippen LogP contribution in [0.25, 0.3) is 0 Å². The summed E-state index contributed by atoms with van der Waals surface area (Å²) in [7, 11) is 3.58. The Balaban J connectivity index is 2.23. The van der Waals surface area contributed by atoms with Gasteiger partial charge in [0.15, 0.2) is 6.04 Å². The van der Waals surface area contributed by atoms with E-state index >= 15 is 0 Å². The van der Waals surface area contributed by atoms with Crippen LogP contribution in [-0.2, 0) is 4.79 Å². The zero-order valence-electron chi connectivity index (χ0n) is 13.2.